The maximum atomic E-state index is 13.0. The van der Waals surface area contributed by atoms with Crippen molar-refractivity contribution in [1.29, 1.82) is 0 Å². The highest BCUT2D eigenvalue weighted by Crippen LogP contribution is 2.26. The summed E-state index contributed by atoms with van der Waals surface area (Å²) in [5, 5.41) is 4.18. The van der Waals surface area contributed by atoms with Gasteiger partial charge in [-0.15, -0.1) is 0 Å². The van der Waals surface area contributed by atoms with Gasteiger partial charge in [-0.25, -0.2) is 0 Å². The molecule has 6 heteroatoms. The first-order chi connectivity index (χ1) is 15.3. The van der Waals surface area contributed by atoms with Crippen LogP contribution >= 0.6 is 0 Å². The van der Waals surface area contributed by atoms with E-state index in [1.807, 2.05) is 49.5 Å². The molecule has 1 aliphatic heterocycles. The Kier molecular flexibility index (Phi) is 6.42. The summed E-state index contributed by atoms with van der Waals surface area (Å²) in [5.74, 6) is 1.32. The summed E-state index contributed by atoms with van der Waals surface area (Å²) in [6.45, 7) is 8.78. The predicted octanol–water partition coefficient (Wildman–Crippen LogP) is 4.91. The highest BCUT2D eigenvalue weighted by Gasteiger charge is 2.29. The van der Waals surface area contributed by atoms with Crippen molar-refractivity contribution in [2.75, 3.05) is 25.0 Å². The van der Waals surface area contributed by atoms with Crippen molar-refractivity contribution >= 4 is 11.6 Å². The second-order valence-corrected chi connectivity index (χ2v) is 9.65. The molecule has 1 atom stereocenters. The zero-order chi connectivity index (χ0) is 22.7. The highest BCUT2D eigenvalue weighted by molar-refractivity contribution is 5.94. The molecule has 0 bridgehead atoms. The third kappa shape index (κ3) is 5.07. The molecule has 0 saturated carbocycles. The molecule has 1 unspecified atom stereocenters. The molecule has 4 rings (SSSR count). The minimum atomic E-state index is -0.0266. The van der Waals surface area contributed by atoms with Crippen molar-refractivity contribution in [1.82, 2.24) is 15.0 Å². The van der Waals surface area contributed by atoms with Crippen LogP contribution in [0.25, 0.3) is 11.4 Å². The number of carbonyl (C=O) groups excluding carboxylic acids is 1. The third-order valence-corrected chi connectivity index (χ3v) is 6.16. The standard InChI is InChI=1S/C26H32N4O2/c1-26(2,3)21-14-12-19(13-15-21)24-27-23(32-28-24)18-30-16-8-9-20(17-30)25(31)29(4)22-10-6-5-7-11-22/h5-7,10-15,20H,8-9,16-18H2,1-4H3. The van der Waals surface area contributed by atoms with Crippen molar-refractivity contribution in [2.24, 2.45) is 5.92 Å². The summed E-state index contributed by atoms with van der Waals surface area (Å²) in [6, 6.07) is 18.1. The van der Waals surface area contributed by atoms with Crippen molar-refractivity contribution in [2.45, 2.75) is 45.6 Å². The molecule has 1 fully saturated rings. The summed E-state index contributed by atoms with van der Waals surface area (Å²) in [6.07, 6.45) is 1.88. The van der Waals surface area contributed by atoms with Crippen LogP contribution in [-0.2, 0) is 16.8 Å². The molecule has 0 aliphatic carbocycles. The van der Waals surface area contributed by atoms with E-state index >= 15 is 0 Å². The normalized spacial score (nSPS) is 17.3. The molecule has 0 radical (unpaired) electrons. The number of para-hydroxylation sites is 1. The molecule has 1 aliphatic rings. The number of aromatic nitrogens is 2. The lowest BCUT2D eigenvalue weighted by atomic mass is 9.87. The van der Waals surface area contributed by atoms with Crippen molar-refractivity contribution in [3.8, 4) is 11.4 Å². The van der Waals surface area contributed by atoms with E-state index in [0.29, 0.717) is 24.8 Å². The lowest BCUT2D eigenvalue weighted by Crippen LogP contribution is -2.43. The van der Waals surface area contributed by atoms with E-state index in [0.717, 1.165) is 30.6 Å². The van der Waals surface area contributed by atoms with Gasteiger partial charge >= 0.3 is 0 Å². The van der Waals surface area contributed by atoms with Crippen LogP contribution in [0.3, 0.4) is 0 Å². The summed E-state index contributed by atoms with van der Waals surface area (Å²) < 4.78 is 5.53. The number of anilines is 1. The van der Waals surface area contributed by atoms with Gasteiger partial charge in [-0.1, -0.05) is 68.4 Å². The minimum absolute atomic E-state index is 0.0266. The van der Waals surface area contributed by atoms with Crippen molar-refractivity contribution in [3.05, 3.63) is 66.1 Å². The Morgan fingerprint density at radius 3 is 2.53 bits per heavy atom. The van der Waals surface area contributed by atoms with Gasteiger partial charge in [0.15, 0.2) is 0 Å². The Bertz CT molecular complexity index is 1040. The lowest BCUT2D eigenvalue weighted by Gasteiger charge is -2.33. The van der Waals surface area contributed by atoms with E-state index in [-0.39, 0.29) is 17.2 Å². The number of carbonyl (C=O) groups is 1. The van der Waals surface area contributed by atoms with Gasteiger partial charge in [0, 0.05) is 24.8 Å². The largest absolute Gasteiger partial charge is 0.338 e. The van der Waals surface area contributed by atoms with E-state index in [2.05, 4.69) is 47.9 Å². The lowest BCUT2D eigenvalue weighted by molar-refractivity contribution is -0.123. The van der Waals surface area contributed by atoms with Gasteiger partial charge < -0.3 is 9.42 Å². The van der Waals surface area contributed by atoms with Gasteiger partial charge in [-0.05, 0) is 42.5 Å². The SMILES string of the molecule is CN(C(=O)C1CCCN(Cc2nc(-c3ccc(C(C)(C)C)cc3)no2)C1)c1ccccc1. The third-order valence-electron chi connectivity index (χ3n) is 6.16. The molecule has 1 amide bonds. The summed E-state index contributed by atoms with van der Waals surface area (Å²) >= 11 is 0. The summed E-state index contributed by atoms with van der Waals surface area (Å²) in [7, 11) is 1.85. The molecule has 1 aromatic heterocycles. The van der Waals surface area contributed by atoms with Crippen LogP contribution in [0.2, 0.25) is 0 Å². The average molecular weight is 433 g/mol. The number of nitrogens with zero attached hydrogens (tertiary/aromatic N) is 4. The van der Waals surface area contributed by atoms with Crippen LogP contribution < -0.4 is 4.90 Å². The Labute approximate surface area is 190 Å². The zero-order valence-corrected chi connectivity index (χ0v) is 19.4. The fourth-order valence-corrected chi connectivity index (χ4v) is 4.20. The first-order valence-electron chi connectivity index (χ1n) is 11.3. The van der Waals surface area contributed by atoms with Crippen molar-refractivity contribution in [3.63, 3.8) is 0 Å². The number of hydrogen-bond donors (Lipinski definition) is 0. The van der Waals surface area contributed by atoms with Crippen LogP contribution in [0.4, 0.5) is 5.69 Å². The van der Waals surface area contributed by atoms with Crippen LogP contribution in [-0.4, -0.2) is 41.1 Å². The number of rotatable bonds is 5. The Balaban J connectivity index is 1.38. The number of benzene rings is 2. The van der Waals surface area contributed by atoms with E-state index < -0.39 is 0 Å². The number of amides is 1. The van der Waals surface area contributed by atoms with Gasteiger partial charge in [0.05, 0.1) is 12.5 Å². The summed E-state index contributed by atoms with van der Waals surface area (Å²) in [4.78, 5) is 21.6. The molecule has 32 heavy (non-hydrogen) atoms. The van der Waals surface area contributed by atoms with E-state index in [9.17, 15) is 4.79 Å². The maximum Gasteiger partial charge on any atom is 0.241 e. The number of hydrogen-bond acceptors (Lipinski definition) is 5. The van der Waals surface area contributed by atoms with Crippen molar-refractivity contribution < 1.29 is 9.32 Å². The van der Waals surface area contributed by atoms with E-state index in [4.69, 9.17) is 4.52 Å². The van der Waals surface area contributed by atoms with Crippen LogP contribution in [0, 0.1) is 5.92 Å². The Hall–Kier alpha value is -2.99. The molecule has 0 spiro atoms. The molecule has 0 N–H and O–H groups in total. The molecule has 2 aromatic carbocycles. The molecule has 3 aromatic rings. The topological polar surface area (TPSA) is 62.5 Å². The minimum Gasteiger partial charge on any atom is -0.338 e. The van der Waals surface area contributed by atoms with Gasteiger partial charge in [0.1, 0.15) is 0 Å². The van der Waals surface area contributed by atoms with Gasteiger partial charge in [-0.3, -0.25) is 9.69 Å². The number of piperidine rings is 1. The monoisotopic (exact) mass is 432 g/mol. The molecule has 1 saturated heterocycles. The van der Waals surface area contributed by atoms with Gasteiger partial charge in [0.2, 0.25) is 17.6 Å². The molecule has 2 heterocycles. The first kappa shape index (κ1) is 22.2. The molecular weight excluding hydrogens is 400 g/mol. The molecule has 6 nitrogen and oxygen atoms in total. The second kappa shape index (κ2) is 9.25. The maximum absolute atomic E-state index is 13.0. The zero-order valence-electron chi connectivity index (χ0n) is 19.4. The van der Waals surface area contributed by atoms with Gasteiger partial charge in [-0.2, -0.15) is 4.98 Å². The summed E-state index contributed by atoms with van der Waals surface area (Å²) in [5.41, 5.74) is 3.25. The average Bonchev–Trinajstić information content (AvgIpc) is 3.27. The smallest absolute Gasteiger partial charge is 0.241 e. The fraction of sp³-hybridized carbons (Fsp3) is 0.423. The van der Waals surface area contributed by atoms with E-state index in [1.165, 1.54) is 5.56 Å². The van der Waals surface area contributed by atoms with Crippen LogP contribution in [0.1, 0.15) is 45.1 Å². The highest BCUT2D eigenvalue weighted by atomic mass is 16.5. The van der Waals surface area contributed by atoms with Gasteiger partial charge in [0.25, 0.3) is 0 Å². The quantitative estimate of drug-likeness (QED) is 0.573. The Morgan fingerprint density at radius 2 is 1.84 bits per heavy atom. The predicted molar refractivity (Wildman–Crippen MR) is 126 cm³/mol. The first-order valence-corrected chi connectivity index (χ1v) is 11.3. The second-order valence-electron chi connectivity index (χ2n) is 9.65. The fourth-order valence-electron chi connectivity index (χ4n) is 4.20. The Morgan fingerprint density at radius 1 is 1.12 bits per heavy atom. The van der Waals surface area contributed by atoms with E-state index in [1.54, 1.807) is 4.90 Å². The molecule has 168 valence electrons. The van der Waals surface area contributed by atoms with Crippen LogP contribution in [0.15, 0.2) is 59.1 Å². The van der Waals surface area contributed by atoms with Crippen LogP contribution in [0.5, 0.6) is 0 Å². The molecular formula is C26H32N4O2. The number of likely N-dealkylation sites (tertiary alicyclic amines) is 1.